The van der Waals surface area contributed by atoms with E-state index in [2.05, 4.69) is 15.5 Å². The van der Waals surface area contributed by atoms with Crippen molar-refractivity contribution in [2.75, 3.05) is 0 Å². The second-order valence-corrected chi connectivity index (χ2v) is 8.38. The van der Waals surface area contributed by atoms with Gasteiger partial charge < -0.3 is 5.32 Å². The van der Waals surface area contributed by atoms with Gasteiger partial charge in [0.2, 0.25) is 5.91 Å². The number of aromatic nitrogens is 2. The molecule has 3 aromatic rings. The Morgan fingerprint density at radius 3 is 2.04 bits per heavy atom. The summed E-state index contributed by atoms with van der Waals surface area (Å²) >= 11 is 2.94. The third-order valence-corrected chi connectivity index (χ3v) is 5.73. The van der Waals surface area contributed by atoms with Crippen LogP contribution in [0.1, 0.15) is 29.1 Å². The molecule has 1 amide bonds. The smallest absolute Gasteiger partial charge is 0.234 e. The molecular weight excluding hydrogens is 350 g/mol. The van der Waals surface area contributed by atoms with E-state index in [1.54, 1.807) is 0 Å². The van der Waals surface area contributed by atoms with Gasteiger partial charge in [-0.2, -0.15) is 0 Å². The third-order valence-electron chi connectivity index (χ3n) is 3.71. The molecule has 3 rings (SSSR count). The van der Waals surface area contributed by atoms with Gasteiger partial charge in [0.05, 0.1) is 11.3 Å². The maximum Gasteiger partial charge on any atom is 0.234 e. The van der Waals surface area contributed by atoms with Gasteiger partial charge in [-0.3, -0.25) is 4.79 Å². The van der Waals surface area contributed by atoms with E-state index in [9.17, 15) is 4.79 Å². The molecule has 1 N–H and O–H groups in total. The van der Waals surface area contributed by atoms with Crippen molar-refractivity contribution >= 4 is 29.0 Å². The normalized spacial score (nSPS) is 12.1. The fourth-order valence-electron chi connectivity index (χ4n) is 2.44. The van der Waals surface area contributed by atoms with Crippen LogP contribution in [0.4, 0.5) is 0 Å². The van der Waals surface area contributed by atoms with Crippen molar-refractivity contribution in [3.8, 4) is 0 Å². The number of benzene rings is 2. The van der Waals surface area contributed by atoms with E-state index < -0.39 is 0 Å². The first kappa shape index (κ1) is 17.6. The van der Waals surface area contributed by atoms with Crippen LogP contribution >= 0.6 is 23.1 Å². The molecule has 0 bridgehead atoms. The summed E-state index contributed by atoms with van der Waals surface area (Å²) in [6.45, 7) is 3.80. The fraction of sp³-hybridized carbons (Fsp3) is 0.211. The second-order valence-electron chi connectivity index (χ2n) is 5.61. The molecule has 0 aliphatic carbocycles. The summed E-state index contributed by atoms with van der Waals surface area (Å²) in [7, 11) is 0. The van der Waals surface area contributed by atoms with Gasteiger partial charge in [0.1, 0.15) is 5.01 Å². The molecule has 0 saturated heterocycles. The maximum absolute atomic E-state index is 12.7. The lowest BCUT2D eigenvalue weighted by Crippen LogP contribution is -2.34. The standard InChI is InChI=1S/C19H19N3OS2/c1-13(24-19-22-21-14(2)25-19)18(23)20-17(15-9-5-3-6-10-15)16-11-7-4-8-12-16/h3-13,17H,1-2H3,(H,20,23)/t13-/m1/s1. The molecule has 0 saturated carbocycles. The molecule has 0 spiro atoms. The average Bonchev–Trinajstić information content (AvgIpc) is 3.05. The number of carbonyl (C=O) groups excluding carboxylic acids is 1. The SMILES string of the molecule is Cc1nnc(S[C@H](C)C(=O)NC(c2ccccc2)c2ccccc2)s1. The van der Waals surface area contributed by atoms with E-state index in [1.807, 2.05) is 74.5 Å². The summed E-state index contributed by atoms with van der Waals surface area (Å²) in [5.74, 6) is -0.0180. The number of amides is 1. The van der Waals surface area contributed by atoms with Crippen LogP contribution in [-0.2, 0) is 4.79 Å². The molecule has 128 valence electrons. The molecule has 25 heavy (non-hydrogen) atoms. The quantitative estimate of drug-likeness (QED) is 0.661. The number of hydrogen-bond donors (Lipinski definition) is 1. The predicted octanol–water partition coefficient (Wildman–Crippen LogP) is 4.23. The molecule has 1 atom stereocenters. The largest absolute Gasteiger partial charge is 0.344 e. The Bertz CT molecular complexity index is 781. The number of hydrogen-bond acceptors (Lipinski definition) is 5. The van der Waals surface area contributed by atoms with Crippen molar-refractivity contribution in [2.24, 2.45) is 0 Å². The van der Waals surface area contributed by atoms with Crippen molar-refractivity contribution in [3.63, 3.8) is 0 Å². The lowest BCUT2D eigenvalue weighted by molar-refractivity contribution is -0.120. The van der Waals surface area contributed by atoms with E-state index in [0.29, 0.717) is 0 Å². The van der Waals surface area contributed by atoms with Crippen LogP contribution < -0.4 is 5.32 Å². The average molecular weight is 370 g/mol. The van der Waals surface area contributed by atoms with Crippen LogP contribution in [0.2, 0.25) is 0 Å². The molecule has 4 nitrogen and oxygen atoms in total. The first-order chi connectivity index (χ1) is 12.1. The van der Waals surface area contributed by atoms with Gasteiger partial charge in [0.15, 0.2) is 4.34 Å². The summed E-state index contributed by atoms with van der Waals surface area (Å²) in [5.41, 5.74) is 2.12. The summed E-state index contributed by atoms with van der Waals surface area (Å²) < 4.78 is 0.816. The molecular formula is C19H19N3OS2. The Morgan fingerprint density at radius 2 is 1.56 bits per heavy atom. The summed E-state index contributed by atoms with van der Waals surface area (Å²) in [5, 5.41) is 11.9. The van der Waals surface area contributed by atoms with Crippen LogP contribution in [0.5, 0.6) is 0 Å². The van der Waals surface area contributed by atoms with Gasteiger partial charge in [-0.1, -0.05) is 83.8 Å². The number of thioether (sulfide) groups is 1. The van der Waals surface area contributed by atoms with E-state index >= 15 is 0 Å². The van der Waals surface area contributed by atoms with Crippen LogP contribution in [-0.4, -0.2) is 21.4 Å². The molecule has 0 unspecified atom stereocenters. The molecule has 2 aromatic carbocycles. The zero-order chi connectivity index (χ0) is 17.6. The number of rotatable bonds is 6. The Labute approximate surface area is 155 Å². The van der Waals surface area contributed by atoms with Gasteiger partial charge in [-0.25, -0.2) is 0 Å². The Kier molecular flexibility index (Phi) is 5.83. The first-order valence-electron chi connectivity index (χ1n) is 8.00. The lowest BCUT2D eigenvalue weighted by atomic mass is 9.98. The zero-order valence-electron chi connectivity index (χ0n) is 14.0. The number of nitrogens with one attached hydrogen (secondary N) is 1. The monoisotopic (exact) mass is 369 g/mol. The molecule has 6 heteroatoms. The van der Waals surface area contributed by atoms with Gasteiger partial charge in [-0.15, -0.1) is 10.2 Å². The topological polar surface area (TPSA) is 54.9 Å². The number of aryl methyl sites for hydroxylation is 1. The fourth-order valence-corrected chi connectivity index (χ4v) is 4.41. The molecule has 1 heterocycles. The minimum atomic E-state index is -0.248. The number of nitrogens with zero attached hydrogens (tertiary/aromatic N) is 2. The summed E-state index contributed by atoms with van der Waals surface area (Å²) in [4.78, 5) is 12.7. The van der Waals surface area contributed by atoms with Crippen LogP contribution in [0.15, 0.2) is 65.0 Å². The van der Waals surface area contributed by atoms with E-state index in [-0.39, 0.29) is 17.2 Å². The van der Waals surface area contributed by atoms with Crippen LogP contribution in [0, 0.1) is 6.92 Å². The molecule has 0 fully saturated rings. The highest BCUT2D eigenvalue weighted by atomic mass is 32.2. The zero-order valence-corrected chi connectivity index (χ0v) is 15.7. The van der Waals surface area contributed by atoms with Gasteiger partial charge >= 0.3 is 0 Å². The Morgan fingerprint density at radius 1 is 1.00 bits per heavy atom. The van der Waals surface area contributed by atoms with E-state index in [0.717, 1.165) is 20.5 Å². The molecule has 0 radical (unpaired) electrons. The van der Waals surface area contributed by atoms with Gasteiger partial charge in [0.25, 0.3) is 0 Å². The van der Waals surface area contributed by atoms with Gasteiger partial charge in [-0.05, 0) is 25.0 Å². The summed E-state index contributed by atoms with van der Waals surface area (Å²) in [6, 6.07) is 19.8. The van der Waals surface area contributed by atoms with E-state index in [4.69, 9.17) is 0 Å². The lowest BCUT2D eigenvalue weighted by Gasteiger charge is -2.21. The van der Waals surface area contributed by atoms with Crippen LogP contribution in [0.25, 0.3) is 0 Å². The van der Waals surface area contributed by atoms with Crippen molar-refractivity contribution in [1.29, 1.82) is 0 Å². The molecule has 0 aliphatic heterocycles. The molecule has 0 aliphatic rings. The van der Waals surface area contributed by atoms with Crippen LogP contribution in [0.3, 0.4) is 0 Å². The highest BCUT2D eigenvalue weighted by Gasteiger charge is 2.22. The van der Waals surface area contributed by atoms with Crippen molar-refractivity contribution in [1.82, 2.24) is 15.5 Å². The third kappa shape index (κ3) is 4.67. The first-order valence-corrected chi connectivity index (χ1v) is 9.70. The minimum absolute atomic E-state index is 0.0180. The minimum Gasteiger partial charge on any atom is -0.344 e. The van der Waals surface area contributed by atoms with E-state index in [1.165, 1.54) is 23.1 Å². The van der Waals surface area contributed by atoms with Gasteiger partial charge in [0, 0.05) is 0 Å². The van der Waals surface area contributed by atoms with Crippen molar-refractivity contribution < 1.29 is 4.79 Å². The maximum atomic E-state index is 12.7. The second kappa shape index (κ2) is 8.27. The highest BCUT2D eigenvalue weighted by Crippen LogP contribution is 2.28. The predicted molar refractivity (Wildman–Crippen MR) is 103 cm³/mol. The van der Waals surface area contributed by atoms with Crippen molar-refractivity contribution in [3.05, 3.63) is 76.8 Å². The highest BCUT2D eigenvalue weighted by molar-refractivity contribution is 8.02. The summed E-state index contributed by atoms with van der Waals surface area (Å²) in [6.07, 6.45) is 0. The molecule has 1 aromatic heterocycles. The number of carbonyl (C=O) groups is 1. The Hall–Kier alpha value is -2.18. The Balaban J connectivity index is 1.76. The van der Waals surface area contributed by atoms with Crippen molar-refractivity contribution in [2.45, 2.75) is 29.5 Å².